The highest BCUT2D eigenvalue weighted by atomic mass is 16.6. The first-order valence-corrected chi connectivity index (χ1v) is 5.54. The Bertz CT molecular complexity index is 621. The van der Waals surface area contributed by atoms with Crippen molar-refractivity contribution in [3.05, 3.63) is 57.9 Å². The van der Waals surface area contributed by atoms with Crippen LogP contribution in [0.25, 0.3) is 0 Å². The number of nitro groups is 1. The summed E-state index contributed by atoms with van der Waals surface area (Å²) < 4.78 is 0. The van der Waals surface area contributed by atoms with Crippen molar-refractivity contribution in [1.29, 1.82) is 0 Å². The van der Waals surface area contributed by atoms with Crippen LogP contribution in [-0.4, -0.2) is 15.8 Å². The molecule has 0 radical (unpaired) electrons. The van der Waals surface area contributed by atoms with Gasteiger partial charge in [0.1, 0.15) is 5.69 Å². The fraction of sp³-hybridized carbons (Fsp3) is 0.0833. The van der Waals surface area contributed by atoms with E-state index in [1.54, 1.807) is 18.2 Å². The fourth-order valence-electron chi connectivity index (χ4n) is 1.63. The Kier molecular flexibility index (Phi) is 3.58. The highest BCUT2D eigenvalue weighted by Gasteiger charge is 2.15. The second kappa shape index (κ2) is 5.32. The van der Waals surface area contributed by atoms with Crippen molar-refractivity contribution >= 4 is 17.3 Å². The van der Waals surface area contributed by atoms with Gasteiger partial charge in [0, 0.05) is 18.3 Å². The number of amides is 1. The Morgan fingerprint density at radius 1 is 1.42 bits per heavy atom. The maximum Gasteiger partial charge on any atom is 0.287 e. The number of aromatic nitrogens is 1. The van der Waals surface area contributed by atoms with Crippen molar-refractivity contribution in [2.75, 3.05) is 5.32 Å². The third-order valence-corrected chi connectivity index (χ3v) is 2.61. The molecule has 0 aliphatic rings. The third-order valence-electron chi connectivity index (χ3n) is 2.61. The summed E-state index contributed by atoms with van der Waals surface area (Å²) in [5.41, 5.74) is 6.91. The average Bonchev–Trinajstić information content (AvgIpc) is 2.89. The van der Waals surface area contributed by atoms with Gasteiger partial charge >= 0.3 is 0 Å². The standard InChI is InChI=1S/C12H12N4O3/c13-6-8-3-1-2-4-10(8)15-12(17)11-5-9(7-14-11)16(18)19/h1-5,7,14H,6,13H2,(H,15,17). The van der Waals surface area contributed by atoms with Gasteiger partial charge in [-0.05, 0) is 11.6 Å². The zero-order valence-electron chi connectivity index (χ0n) is 9.92. The van der Waals surface area contributed by atoms with Crippen molar-refractivity contribution < 1.29 is 9.72 Å². The van der Waals surface area contributed by atoms with Crippen LogP contribution in [0.3, 0.4) is 0 Å². The molecule has 2 rings (SSSR count). The fourth-order valence-corrected chi connectivity index (χ4v) is 1.63. The minimum absolute atomic E-state index is 0.124. The smallest absolute Gasteiger partial charge is 0.287 e. The molecule has 0 atom stereocenters. The number of carbonyl (C=O) groups excluding carboxylic acids is 1. The van der Waals surface area contributed by atoms with E-state index in [2.05, 4.69) is 10.3 Å². The Balaban J connectivity index is 2.18. The number of nitrogens with one attached hydrogen (secondary N) is 2. The van der Waals surface area contributed by atoms with Crippen molar-refractivity contribution in [3.63, 3.8) is 0 Å². The van der Waals surface area contributed by atoms with Gasteiger partial charge in [-0.25, -0.2) is 0 Å². The molecule has 19 heavy (non-hydrogen) atoms. The molecule has 0 bridgehead atoms. The molecule has 7 heteroatoms. The molecule has 4 N–H and O–H groups in total. The molecule has 1 heterocycles. The summed E-state index contributed by atoms with van der Waals surface area (Å²) >= 11 is 0. The predicted octanol–water partition coefficient (Wildman–Crippen LogP) is 1.63. The number of aromatic amines is 1. The first kappa shape index (κ1) is 12.8. The predicted molar refractivity (Wildman–Crippen MR) is 69.7 cm³/mol. The van der Waals surface area contributed by atoms with Crippen LogP contribution in [0.5, 0.6) is 0 Å². The highest BCUT2D eigenvalue weighted by molar-refractivity contribution is 6.03. The van der Waals surface area contributed by atoms with E-state index in [0.29, 0.717) is 12.2 Å². The van der Waals surface area contributed by atoms with Crippen LogP contribution in [0.1, 0.15) is 16.1 Å². The minimum atomic E-state index is -0.568. The van der Waals surface area contributed by atoms with E-state index in [0.717, 1.165) is 5.56 Å². The number of benzene rings is 1. The van der Waals surface area contributed by atoms with Crippen LogP contribution >= 0.6 is 0 Å². The van der Waals surface area contributed by atoms with Crippen LogP contribution in [0.2, 0.25) is 0 Å². The van der Waals surface area contributed by atoms with E-state index >= 15 is 0 Å². The van der Waals surface area contributed by atoms with E-state index in [9.17, 15) is 14.9 Å². The Morgan fingerprint density at radius 3 is 2.79 bits per heavy atom. The number of para-hydroxylation sites is 1. The lowest BCUT2D eigenvalue weighted by Gasteiger charge is -2.08. The number of anilines is 1. The molecule has 0 aliphatic carbocycles. The molecule has 0 saturated heterocycles. The first-order chi connectivity index (χ1) is 9.11. The SMILES string of the molecule is NCc1ccccc1NC(=O)c1cc([N+](=O)[O-])c[nH]1. The molecule has 0 fully saturated rings. The lowest BCUT2D eigenvalue weighted by Crippen LogP contribution is -2.14. The number of H-pyrrole nitrogens is 1. The minimum Gasteiger partial charge on any atom is -0.351 e. The summed E-state index contributed by atoms with van der Waals surface area (Å²) in [6, 6.07) is 8.29. The monoisotopic (exact) mass is 260 g/mol. The quantitative estimate of drug-likeness (QED) is 0.572. The molecule has 2 aromatic rings. The van der Waals surface area contributed by atoms with Crippen molar-refractivity contribution in [2.45, 2.75) is 6.54 Å². The summed E-state index contributed by atoms with van der Waals surface area (Å²) in [4.78, 5) is 24.4. The Morgan fingerprint density at radius 2 is 2.16 bits per heavy atom. The molecular formula is C12H12N4O3. The number of nitrogens with zero attached hydrogens (tertiary/aromatic N) is 1. The van der Waals surface area contributed by atoms with E-state index in [4.69, 9.17) is 5.73 Å². The van der Waals surface area contributed by atoms with E-state index < -0.39 is 10.8 Å². The van der Waals surface area contributed by atoms with E-state index in [-0.39, 0.29) is 11.4 Å². The summed E-state index contributed by atoms with van der Waals surface area (Å²) in [5, 5.41) is 13.2. The second-order valence-electron chi connectivity index (χ2n) is 3.84. The normalized spacial score (nSPS) is 10.2. The van der Waals surface area contributed by atoms with Gasteiger partial charge in [-0.3, -0.25) is 14.9 Å². The summed E-state index contributed by atoms with van der Waals surface area (Å²) in [7, 11) is 0. The number of rotatable bonds is 4. The van der Waals surface area contributed by atoms with Crippen molar-refractivity contribution in [3.8, 4) is 0 Å². The summed E-state index contributed by atoms with van der Waals surface area (Å²) in [6.07, 6.45) is 1.17. The molecule has 1 amide bonds. The summed E-state index contributed by atoms with van der Waals surface area (Å²) in [6.45, 7) is 0.293. The van der Waals surface area contributed by atoms with Gasteiger partial charge in [-0.15, -0.1) is 0 Å². The lowest BCUT2D eigenvalue weighted by molar-refractivity contribution is -0.384. The van der Waals surface area contributed by atoms with Crippen LogP contribution in [0.4, 0.5) is 11.4 Å². The molecule has 0 aliphatic heterocycles. The van der Waals surface area contributed by atoms with Gasteiger partial charge in [0.05, 0.1) is 11.1 Å². The van der Waals surface area contributed by atoms with Crippen LogP contribution in [-0.2, 0) is 6.54 Å². The highest BCUT2D eigenvalue weighted by Crippen LogP contribution is 2.17. The molecule has 1 aromatic heterocycles. The number of hydrogen-bond acceptors (Lipinski definition) is 4. The van der Waals surface area contributed by atoms with Gasteiger partial charge in [0.2, 0.25) is 0 Å². The van der Waals surface area contributed by atoms with Gasteiger partial charge < -0.3 is 16.0 Å². The molecule has 0 saturated carbocycles. The molecule has 98 valence electrons. The van der Waals surface area contributed by atoms with E-state index in [1.807, 2.05) is 6.07 Å². The second-order valence-corrected chi connectivity index (χ2v) is 3.84. The summed E-state index contributed by atoms with van der Waals surface area (Å²) in [5.74, 6) is -0.450. The maximum atomic E-state index is 11.9. The zero-order chi connectivity index (χ0) is 13.8. The topological polar surface area (TPSA) is 114 Å². The zero-order valence-corrected chi connectivity index (χ0v) is 9.92. The first-order valence-electron chi connectivity index (χ1n) is 5.54. The average molecular weight is 260 g/mol. The van der Waals surface area contributed by atoms with Gasteiger partial charge in [0.15, 0.2) is 0 Å². The third kappa shape index (κ3) is 2.78. The molecule has 0 unspecified atom stereocenters. The van der Waals surface area contributed by atoms with Crippen LogP contribution < -0.4 is 11.1 Å². The van der Waals surface area contributed by atoms with E-state index in [1.165, 1.54) is 12.3 Å². The lowest BCUT2D eigenvalue weighted by atomic mass is 10.2. The Labute approximate surface area is 108 Å². The van der Waals surface area contributed by atoms with Gasteiger partial charge in [-0.2, -0.15) is 0 Å². The van der Waals surface area contributed by atoms with Gasteiger partial charge in [-0.1, -0.05) is 18.2 Å². The van der Waals surface area contributed by atoms with Gasteiger partial charge in [0.25, 0.3) is 11.6 Å². The molecular weight excluding hydrogens is 248 g/mol. The Hall–Kier alpha value is -2.67. The maximum absolute atomic E-state index is 11.9. The largest absolute Gasteiger partial charge is 0.351 e. The number of carbonyl (C=O) groups is 1. The van der Waals surface area contributed by atoms with Crippen LogP contribution in [0.15, 0.2) is 36.5 Å². The van der Waals surface area contributed by atoms with Crippen LogP contribution in [0, 0.1) is 10.1 Å². The van der Waals surface area contributed by atoms with Crippen molar-refractivity contribution in [1.82, 2.24) is 4.98 Å². The number of hydrogen-bond donors (Lipinski definition) is 3. The molecule has 7 nitrogen and oxygen atoms in total. The molecule has 1 aromatic carbocycles. The van der Waals surface area contributed by atoms with Crippen molar-refractivity contribution in [2.24, 2.45) is 5.73 Å². The number of nitrogens with two attached hydrogens (primary N) is 1. The molecule has 0 spiro atoms.